The summed E-state index contributed by atoms with van der Waals surface area (Å²) >= 11 is 12.7. The molecule has 0 aromatic heterocycles. The normalized spacial score (nSPS) is 20.4. The van der Waals surface area contributed by atoms with Gasteiger partial charge in [0.2, 0.25) is 5.91 Å². The summed E-state index contributed by atoms with van der Waals surface area (Å²) in [6, 6.07) is 23.3. The fraction of sp³-hybridized carbons (Fsp3) is 0.107. The van der Waals surface area contributed by atoms with Crippen molar-refractivity contribution in [2.24, 2.45) is 5.73 Å². The molecule has 0 fully saturated rings. The van der Waals surface area contributed by atoms with Crippen LogP contribution in [0.4, 0.5) is 11.4 Å². The number of carbonyl (C=O) groups is 2. The molecule has 37 heavy (non-hydrogen) atoms. The van der Waals surface area contributed by atoms with Crippen molar-refractivity contribution in [1.82, 2.24) is 0 Å². The predicted molar refractivity (Wildman–Crippen MR) is 140 cm³/mol. The van der Waals surface area contributed by atoms with E-state index in [1.807, 2.05) is 18.2 Å². The van der Waals surface area contributed by atoms with Crippen LogP contribution in [0.15, 0.2) is 95.5 Å². The summed E-state index contributed by atoms with van der Waals surface area (Å²) in [5, 5.41) is 11.4. The number of nitriles is 1. The van der Waals surface area contributed by atoms with E-state index in [9.17, 15) is 14.9 Å². The van der Waals surface area contributed by atoms with Gasteiger partial charge in [-0.25, -0.2) is 4.79 Å². The number of benzene rings is 3. The zero-order valence-electron chi connectivity index (χ0n) is 19.2. The minimum absolute atomic E-state index is 0.0320. The van der Waals surface area contributed by atoms with Crippen molar-refractivity contribution >= 4 is 46.5 Å². The first-order valence-corrected chi connectivity index (χ1v) is 12.2. The molecule has 3 aliphatic rings. The highest BCUT2D eigenvalue weighted by molar-refractivity contribution is 6.31. The first-order chi connectivity index (χ1) is 17.9. The standard InChI is InChI=1S/C28H18Cl2N4O3/c29-17-7-5-8-18(12-17)34-23-15-37-26(35)24(23)28(20(13-31)25(34)32)19-9-2-4-11-22(19)33(27(28)36)14-16-6-1-3-10-21(16)30/h1-12H,14-15,32H2/t28-/m1/s1. The van der Waals surface area contributed by atoms with Crippen LogP contribution in [0.3, 0.4) is 0 Å². The smallest absolute Gasteiger partial charge is 0.338 e. The van der Waals surface area contributed by atoms with Crippen LogP contribution in [-0.2, 0) is 26.3 Å². The minimum Gasteiger partial charge on any atom is -0.456 e. The summed E-state index contributed by atoms with van der Waals surface area (Å²) in [4.78, 5) is 31.0. The number of nitrogens with zero attached hydrogens (tertiary/aromatic N) is 3. The maximum absolute atomic E-state index is 14.5. The quantitative estimate of drug-likeness (QED) is 0.490. The van der Waals surface area contributed by atoms with Gasteiger partial charge in [0, 0.05) is 27.0 Å². The van der Waals surface area contributed by atoms with Gasteiger partial charge in [0.15, 0.2) is 0 Å². The van der Waals surface area contributed by atoms with Crippen LogP contribution in [0.1, 0.15) is 11.1 Å². The summed E-state index contributed by atoms with van der Waals surface area (Å²) in [5.74, 6) is -1.11. The van der Waals surface area contributed by atoms with Gasteiger partial charge in [0.25, 0.3) is 0 Å². The largest absolute Gasteiger partial charge is 0.456 e. The number of halogens is 2. The van der Waals surface area contributed by atoms with Gasteiger partial charge in [-0.05, 0) is 35.9 Å². The molecule has 2 N–H and O–H groups in total. The zero-order valence-corrected chi connectivity index (χ0v) is 20.8. The van der Waals surface area contributed by atoms with E-state index in [1.165, 1.54) is 0 Å². The molecule has 3 aliphatic heterocycles. The molecule has 182 valence electrons. The number of rotatable bonds is 3. The average molecular weight is 529 g/mol. The van der Waals surface area contributed by atoms with E-state index < -0.39 is 17.3 Å². The van der Waals surface area contributed by atoms with Crippen LogP contribution < -0.4 is 15.5 Å². The molecule has 1 atom stereocenters. The third-order valence-corrected chi connectivity index (χ3v) is 7.58. The maximum atomic E-state index is 14.5. The Labute approximate surface area is 222 Å². The summed E-state index contributed by atoms with van der Waals surface area (Å²) in [6.45, 7) is 0.0351. The van der Waals surface area contributed by atoms with Crippen molar-refractivity contribution in [2.45, 2.75) is 12.0 Å². The van der Waals surface area contributed by atoms with Gasteiger partial charge >= 0.3 is 5.97 Å². The number of esters is 1. The van der Waals surface area contributed by atoms with Crippen molar-refractivity contribution in [3.05, 3.63) is 117 Å². The highest BCUT2D eigenvalue weighted by Gasteiger charge is 2.64. The average Bonchev–Trinajstić information content (AvgIpc) is 3.38. The van der Waals surface area contributed by atoms with Gasteiger partial charge in [-0.2, -0.15) is 5.26 Å². The fourth-order valence-corrected chi connectivity index (χ4v) is 5.84. The number of carbonyl (C=O) groups excluding carboxylic acids is 2. The molecule has 0 bridgehead atoms. The van der Waals surface area contributed by atoms with E-state index in [4.69, 9.17) is 33.7 Å². The molecule has 0 unspecified atom stereocenters. The molecule has 0 radical (unpaired) electrons. The second kappa shape index (κ2) is 8.41. The number of para-hydroxylation sites is 1. The Morgan fingerprint density at radius 1 is 1.03 bits per heavy atom. The first-order valence-electron chi connectivity index (χ1n) is 11.4. The van der Waals surface area contributed by atoms with Crippen molar-refractivity contribution in [3.63, 3.8) is 0 Å². The molecule has 3 heterocycles. The SMILES string of the molecule is N#CC1=C(N)N(c2cccc(Cl)c2)C2=C(C(=O)OC2)[C@]12C(=O)N(Cc1ccccc1Cl)c1ccccc12. The maximum Gasteiger partial charge on any atom is 0.338 e. The van der Waals surface area contributed by atoms with Gasteiger partial charge in [0.05, 0.1) is 23.4 Å². The Bertz CT molecular complexity index is 1620. The van der Waals surface area contributed by atoms with Crippen molar-refractivity contribution < 1.29 is 14.3 Å². The Balaban J connectivity index is 1.62. The number of cyclic esters (lactones) is 1. The van der Waals surface area contributed by atoms with E-state index in [-0.39, 0.29) is 30.1 Å². The van der Waals surface area contributed by atoms with Crippen LogP contribution in [0.5, 0.6) is 0 Å². The molecule has 1 amide bonds. The second-order valence-corrected chi connectivity index (χ2v) is 9.68. The highest BCUT2D eigenvalue weighted by Crippen LogP contribution is 2.56. The molecule has 3 aromatic rings. The van der Waals surface area contributed by atoms with E-state index in [0.717, 1.165) is 5.56 Å². The van der Waals surface area contributed by atoms with Gasteiger partial charge in [0.1, 0.15) is 23.9 Å². The van der Waals surface area contributed by atoms with Crippen molar-refractivity contribution in [1.29, 1.82) is 5.26 Å². The Hall–Kier alpha value is -4.25. The Kier molecular flexibility index (Phi) is 5.27. The molecule has 1 spiro atoms. The van der Waals surface area contributed by atoms with E-state index in [1.54, 1.807) is 64.4 Å². The lowest BCUT2D eigenvalue weighted by atomic mass is 9.67. The number of ether oxygens (including phenoxy) is 1. The number of hydrogen-bond donors (Lipinski definition) is 1. The van der Waals surface area contributed by atoms with Gasteiger partial charge < -0.3 is 15.4 Å². The third kappa shape index (κ3) is 3.13. The van der Waals surface area contributed by atoms with Crippen LogP contribution >= 0.6 is 23.2 Å². The minimum atomic E-state index is -1.76. The number of nitrogens with two attached hydrogens (primary N) is 1. The molecule has 9 heteroatoms. The monoisotopic (exact) mass is 528 g/mol. The van der Waals surface area contributed by atoms with Crippen LogP contribution in [-0.4, -0.2) is 18.5 Å². The van der Waals surface area contributed by atoms with Gasteiger partial charge in [-0.3, -0.25) is 9.69 Å². The number of hydrogen-bond acceptors (Lipinski definition) is 6. The van der Waals surface area contributed by atoms with Gasteiger partial charge in [-0.1, -0.05) is 65.7 Å². The molecule has 6 rings (SSSR count). The molecule has 7 nitrogen and oxygen atoms in total. The van der Waals surface area contributed by atoms with Crippen LogP contribution in [0, 0.1) is 11.3 Å². The zero-order chi connectivity index (χ0) is 25.9. The fourth-order valence-electron chi connectivity index (χ4n) is 5.46. The lowest BCUT2D eigenvalue weighted by Gasteiger charge is -2.38. The first kappa shape index (κ1) is 23.2. The molecule has 0 aliphatic carbocycles. The molecular weight excluding hydrogens is 511 g/mol. The molecular formula is C28H18Cl2N4O3. The molecule has 3 aromatic carbocycles. The topological polar surface area (TPSA) is 99.7 Å². The van der Waals surface area contributed by atoms with Gasteiger partial charge in [-0.15, -0.1) is 0 Å². The summed E-state index contributed by atoms with van der Waals surface area (Å²) in [5.41, 5.74) is 7.65. The number of amides is 1. The summed E-state index contributed by atoms with van der Waals surface area (Å²) < 4.78 is 5.47. The van der Waals surface area contributed by atoms with Crippen molar-refractivity contribution in [3.8, 4) is 6.07 Å². The predicted octanol–water partition coefficient (Wildman–Crippen LogP) is 4.80. The molecule has 0 saturated heterocycles. The second-order valence-electron chi connectivity index (χ2n) is 8.84. The van der Waals surface area contributed by atoms with E-state index in [2.05, 4.69) is 6.07 Å². The highest BCUT2D eigenvalue weighted by atomic mass is 35.5. The lowest BCUT2D eigenvalue weighted by molar-refractivity contribution is -0.137. The Morgan fingerprint density at radius 2 is 1.78 bits per heavy atom. The Morgan fingerprint density at radius 3 is 2.54 bits per heavy atom. The van der Waals surface area contributed by atoms with Crippen LogP contribution in [0.2, 0.25) is 10.0 Å². The molecule has 0 saturated carbocycles. The summed E-state index contributed by atoms with van der Waals surface area (Å²) in [7, 11) is 0. The third-order valence-electron chi connectivity index (χ3n) is 6.98. The van der Waals surface area contributed by atoms with E-state index >= 15 is 0 Å². The summed E-state index contributed by atoms with van der Waals surface area (Å²) in [6.07, 6.45) is 0. The van der Waals surface area contributed by atoms with Crippen molar-refractivity contribution in [2.75, 3.05) is 16.4 Å². The van der Waals surface area contributed by atoms with E-state index in [0.29, 0.717) is 32.7 Å². The number of anilines is 2. The number of fused-ring (bicyclic) bond motifs is 3. The van der Waals surface area contributed by atoms with Crippen LogP contribution in [0.25, 0.3) is 0 Å². The lowest BCUT2D eigenvalue weighted by Crippen LogP contribution is -2.50.